The fourth-order valence-electron chi connectivity index (χ4n) is 3.92. The number of carbonyl (C=O) groups excluding carboxylic acids is 3. The van der Waals surface area contributed by atoms with Crippen LogP contribution in [0.3, 0.4) is 0 Å². The zero-order valence-corrected chi connectivity index (χ0v) is 15.9. The number of rotatable bonds is 6. The Morgan fingerprint density at radius 1 is 1.33 bits per heavy atom. The molecule has 1 aromatic rings. The molecule has 1 saturated carbocycles. The molecule has 4 amide bonds. The number of carbonyl (C=O) groups is 3. The quantitative estimate of drug-likeness (QED) is 0.749. The van der Waals surface area contributed by atoms with Gasteiger partial charge in [0.25, 0.3) is 5.91 Å². The van der Waals surface area contributed by atoms with Crippen LogP contribution >= 0.6 is 0 Å². The Morgan fingerprint density at radius 3 is 2.74 bits per heavy atom. The molecule has 0 radical (unpaired) electrons. The summed E-state index contributed by atoms with van der Waals surface area (Å²) >= 11 is 0. The molecule has 1 aliphatic heterocycles. The van der Waals surface area contributed by atoms with Gasteiger partial charge in [-0.2, -0.15) is 0 Å². The second kappa shape index (κ2) is 7.98. The third-order valence-corrected chi connectivity index (χ3v) is 5.71. The minimum Gasteiger partial charge on any atom is -0.497 e. The molecule has 3 rings (SSSR count). The normalized spacial score (nSPS) is 24.8. The van der Waals surface area contributed by atoms with Crippen molar-refractivity contribution in [3.05, 3.63) is 29.8 Å². The lowest BCUT2D eigenvalue weighted by Crippen LogP contribution is -2.50. The predicted octanol–water partition coefficient (Wildman–Crippen LogP) is 2.20. The third kappa shape index (κ3) is 4.07. The van der Waals surface area contributed by atoms with Crippen LogP contribution in [-0.4, -0.2) is 41.9 Å². The predicted molar refractivity (Wildman–Crippen MR) is 100 cm³/mol. The van der Waals surface area contributed by atoms with Crippen molar-refractivity contribution < 1.29 is 19.1 Å². The maximum Gasteiger partial charge on any atom is 0.325 e. The van der Waals surface area contributed by atoms with E-state index in [9.17, 15) is 14.4 Å². The molecule has 0 bridgehead atoms. The molecule has 0 atom stereocenters. The molecule has 7 nitrogen and oxygen atoms in total. The van der Waals surface area contributed by atoms with Gasteiger partial charge in [0.2, 0.25) is 5.91 Å². The second-order valence-corrected chi connectivity index (χ2v) is 7.38. The lowest BCUT2D eigenvalue weighted by molar-refractivity contribution is -0.136. The van der Waals surface area contributed by atoms with E-state index in [1.54, 1.807) is 7.11 Å². The highest BCUT2D eigenvalue weighted by molar-refractivity contribution is 6.09. The molecule has 2 fully saturated rings. The molecule has 1 heterocycles. The highest BCUT2D eigenvalue weighted by atomic mass is 16.5. The fraction of sp³-hybridized carbons (Fsp3) is 0.550. The first-order chi connectivity index (χ1) is 13.0. The van der Waals surface area contributed by atoms with Crippen LogP contribution in [0.5, 0.6) is 5.75 Å². The van der Waals surface area contributed by atoms with E-state index in [2.05, 4.69) is 17.6 Å². The molecule has 2 aliphatic rings. The van der Waals surface area contributed by atoms with Crippen molar-refractivity contribution >= 4 is 17.8 Å². The van der Waals surface area contributed by atoms with Gasteiger partial charge in [0.05, 0.1) is 7.11 Å². The summed E-state index contributed by atoms with van der Waals surface area (Å²) in [5.74, 6) is 0.695. The average molecular weight is 373 g/mol. The number of amides is 4. The summed E-state index contributed by atoms with van der Waals surface area (Å²) in [7, 11) is 1.58. The van der Waals surface area contributed by atoms with Gasteiger partial charge in [0.1, 0.15) is 17.8 Å². The van der Waals surface area contributed by atoms with Crippen LogP contribution in [0.1, 0.15) is 44.6 Å². The Labute approximate surface area is 159 Å². The van der Waals surface area contributed by atoms with E-state index >= 15 is 0 Å². The van der Waals surface area contributed by atoms with Crippen LogP contribution in [0.2, 0.25) is 0 Å². The van der Waals surface area contributed by atoms with Gasteiger partial charge in [-0.1, -0.05) is 25.5 Å². The lowest BCUT2D eigenvalue weighted by Gasteiger charge is -2.34. The zero-order valence-electron chi connectivity index (χ0n) is 15.9. The van der Waals surface area contributed by atoms with Gasteiger partial charge in [-0.15, -0.1) is 0 Å². The Kier molecular flexibility index (Phi) is 5.68. The number of methoxy groups -OCH3 is 1. The number of nitrogens with one attached hydrogen (secondary N) is 2. The average Bonchev–Trinajstić information content (AvgIpc) is 2.91. The van der Waals surface area contributed by atoms with Crippen molar-refractivity contribution in [2.45, 2.75) is 51.1 Å². The largest absolute Gasteiger partial charge is 0.497 e. The smallest absolute Gasteiger partial charge is 0.325 e. The Balaban J connectivity index is 1.56. The minimum absolute atomic E-state index is 0.256. The summed E-state index contributed by atoms with van der Waals surface area (Å²) in [6.45, 7) is 2.20. The number of benzene rings is 1. The molecule has 1 spiro atoms. The highest BCUT2D eigenvalue weighted by Gasteiger charge is 2.52. The molecule has 0 unspecified atom stereocenters. The van der Waals surface area contributed by atoms with E-state index in [0.717, 1.165) is 29.7 Å². The van der Waals surface area contributed by atoms with Crippen molar-refractivity contribution in [2.24, 2.45) is 5.92 Å². The monoisotopic (exact) mass is 373 g/mol. The molecule has 1 saturated heterocycles. The van der Waals surface area contributed by atoms with Crippen molar-refractivity contribution in [1.82, 2.24) is 15.5 Å². The second-order valence-electron chi connectivity index (χ2n) is 7.38. The molecule has 2 N–H and O–H groups in total. The number of hydrogen-bond donors (Lipinski definition) is 2. The third-order valence-electron chi connectivity index (χ3n) is 5.71. The molecular formula is C20H27N3O4. The zero-order chi connectivity index (χ0) is 19.4. The maximum atomic E-state index is 12.8. The van der Waals surface area contributed by atoms with Gasteiger partial charge < -0.3 is 15.4 Å². The van der Waals surface area contributed by atoms with Gasteiger partial charge in [-0.05, 0) is 49.3 Å². The van der Waals surface area contributed by atoms with Gasteiger partial charge in [-0.25, -0.2) is 4.79 Å². The summed E-state index contributed by atoms with van der Waals surface area (Å²) in [6.07, 6.45) is 4.25. The summed E-state index contributed by atoms with van der Waals surface area (Å²) in [5, 5.41) is 5.61. The maximum absolute atomic E-state index is 12.8. The molecule has 27 heavy (non-hydrogen) atoms. The molecule has 7 heteroatoms. The standard InChI is InChI=1S/C20H27N3O4/c1-3-14-7-9-20(10-8-14)18(25)23(19(26)22-20)13-17(24)21-12-15-5-4-6-16(11-15)27-2/h4-6,11,14H,3,7-10,12-13H2,1-2H3,(H,21,24)(H,22,26). The number of hydrogen-bond acceptors (Lipinski definition) is 4. The topological polar surface area (TPSA) is 87.7 Å². The lowest BCUT2D eigenvalue weighted by atomic mass is 9.75. The summed E-state index contributed by atoms with van der Waals surface area (Å²) in [5.41, 5.74) is 0.0739. The Hall–Kier alpha value is -2.57. The summed E-state index contributed by atoms with van der Waals surface area (Å²) in [4.78, 5) is 38.4. The first-order valence-electron chi connectivity index (χ1n) is 9.51. The first-order valence-corrected chi connectivity index (χ1v) is 9.51. The summed E-state index contributed by atoms with van der Waals surface area (Å²) in [6, 6.07) is 6.90. The van der Waals surface area contributed by atoms with Crippen LogP contribution in [0, 0.1) is 5.92 Å². The number of imide groups is 1. The van der Waals surface area contributed by atoms with Gasteiger partial charge in [-0.3, -0.25) is 14.5 Å². The molecular weight excluding hydrogens is 346 g/mol. The SMILES string of the molecule is CCC1CCC2(CC1)NC(=O)N(CC(=O)NCc1cccc(OC)c1)C2=O. The van der Waals surface area contributed by atoms with E-state index in [0.29, 0.717) is 31.1 Å². The van der Waals surface area contributed by atoms with Gasteiger partial charge in [0.15, 0.2) is 0 Å². The molecule has 1 aromatic carbocycles. The molecule has 1 aliphatic carbocycles. The van der Waals surface area contributed by atoms with Crippen molar-refractivity contribution in [3.8, 4) is 5.75 Å². The molecule has 146 valence electrons. The van der Waals surface area contributed by atoms with Crippen LogP contribution in [0.25, 0.3) is 0 Å². The van der Waals surface area contributed by atoms with Crippen molar-refractivity contribution in [3.63, 3.8) is 0 Å². The van der Waals surface area contributed by atoms with E-state index in [4.69, 9.17) is 4.74 Å². The van der Waals surface area contributed by atoms with Gasteiger partial charge >= 0.3 is 6.03 Å². The Morgan fingerprint density at radius 2 is 2.07 bits per heavy atom. The fourth-order valence-corrected chi connectivity index (χ4v) is 3.92. The molecule has 0 aromatic heterocycles. The summed E-state index contributed by atoms with van der Waals surface area (Å²) < 4.78 is 5.16. The van der Waals surface area contributed by atoms with Crippen LogP contribution in [0.4, 0.5) is 4.79 Å². The van der Waals surface area contributed by atoms with Gasteiger partial charge in [0, 0.05) is 6.54 Å². The first kappa shape index (κ1) is 19.2. The van der Waals surface area contributed by atoms with E-state index in [-0.39, 0.29) is 18.4 Å². The van der Waals surface area contributed by atoms with E-state index < -0.39 is 11.6 Å². The highest BCUT2D eigenvalue weighted by Crippen LogP contribution is 2.37. The number of urea groups is 1. The Bertz CT molecular complexity index is 726. The number of ether oxygens (including phenoxy) is 1. The van der Waals surface area contributed by atoms with Crippen LogP contribution < -0.4 is 15.4 Å². The number of nitrogens with zero attached hydrogens (tertiary/aromatic N) is 1. The van der Waals surface area contributed by atoms with Crippen molar-refractivity contribution in [2.75, 3.05) is 13.7 Å². The minimum atomic E-state index is -0.810. The van der Waals surface area contributed by atoms with Crippen LogP contribution in [0.15, 0.2) is 24.3 Å². The van der Waals surface area contributed by atoms with E-state index in [1.165, 1.54) is 0 Å². The van der Waals surface area contributed by atoms with E-state index in [1.807, 2.05) is 24.3 Å². The van der Waals surface area contributed by atoms with Crippen LogP contribution in [-0.2, 0) is 16.1 Å². The van der Waals surface area contributed by atoms with Crippen molar-refractivity contribution in [1.29, 1.82) is 0 Å².